The van der Waals surface area contributed by atoms with Gasteiger partial charge in [0.25, 0.3) is 5.89 Å². The van der Waals surface area contributed by atoms with E-state index in [1.54, 1.807) is 47.8 Å². The summed E-state index contributed by atoms with van der Waals surface area (Å²) in [6.45, 7) is 1.23. The summed E-state index contributed by atoms with van der Waals surface area (Å²) in [5, 5.41) is 8.80. The highest BCUT2D eigenvalue weighted by molar-refractivity contribution is 6.30. The Labute approximate surface area is 172 Å². The Kier molecular flexibility index (Phi) is 5.76. The molecule has 0 radical (unpaired) electrons. The van der Waals surface area contributed by atoms with Gasteiger partial charge in [-0.3, -0.25) is 9.59 Å². The van der Waals surface area contributed by atoms with Gasteiger partial charge in [0.05, 0.1) is 11.8 Å². The Morgan fingerprint density at radius 1 is 1.07 bits per heavy atom. The van der Waals surface area contributed by atoms with Gasteiger partial charge in [-0.05, 0) is 43.2 Å². The molecule has 1 aliphatic heterocycles. The molecule has 3 aromatic rings. The van der Waals surface area contributed by atoms with E-state index in [-0.39, 0.29) is 30.4 Å². The molecular formula is C21H20ClN3O4. The molecule has 150 valence electrons. The molecule has 1 aromatic carbocycles. The second-order valence-corrected chi connectivity index (χ2v) is 7.48. The number of hydrogen-bond donors (Lipinski definition) is 0. The molecule has 0 spiro atoms. The summed E-state index contributed by atoms with van der Waals surface area (Å²) >= 11 is 5.84. The van der Waals surface area contributed by atoms with Gasteiger partial charge < -0.3 is 13.7 Å². The van der Waals surface area contributed by atoms with Gasteiger partial charge in [-0.25, -0.2) is 0 Å². The van der Waals surface area contributed by atoms with Crippen molar-refractivity contribution >= 4 is 23.3 Å². The van der Waals surface area contributed by atoms with E-state index in [0.29, 0.717) is 35.5 Å². The van der Waals surface area contributed by atoms with Crippen molar-refractivity contribution in [1.29, 1.82) is 0 Å². The average molecular weight is 414 g/mol. The number of carbonyl (C=O) groups excluding carboxylic acids is 2. The Balaban J connectivity index is 1.26. The molecule has 0 saturated carbocycles. The summed E-state index contributed by atoms with van der Waals surface area (Å²) in [6, 6.07) is 8.49. The Bertz CT molecular complexity index is 974. The highest BCUT2D eigenvalue weighted by Crippen LogP contribution is 2.29. The zero-order chi connectivity index (χ0) is 20.2. The quantitative estimate of drug-likeness (QED) is 0.558. The summed E-state index contributed by atoms with van der Waals surface area (Å²) in [7, 11) is 0. The number of amides is 1. The lowest BCUT2D eigenvalue weighted by atomic mass is 9.96. The fourth-order valence-electron chi connectivity index (χ4n) is 3.44. The van der Waals surface area contributed by atoms with Crippen molar-refractivity contribution < 1.29 is 18.4 Å². The van der Waals surface area contributed by atoms with Gasteiger partial charge >= 0.3 is 0 Å². The van der Waals surface area contributed by atoms with Crippen LogP contribution in [0.3, 0.4) is 0 Å². The van der Waals surface area contributed by atoms with Crippen LogP contribution >= 0.6 is 11.6 Å². The minimum atomic E-state index is -0.0532. The van der Waals surface area contributed by atoms with Gasteiger partial charge in [0.2, 0.25) is 11.8 Å². The van der Waals surface area contributed by atoms with Crippen LogP contribution in [0.25, 0.3) is 11.5 Å². The lowest BCUT2D eigenvalue weighted by Gasteiger charge is -2.30. The van der Waals surface area contributed by atoms with Crippen molar-refractivity contribution in [2.24, 2.45) is 0 Å². The van der Waals surface area contributed by atoms with Crippen LogP contribution in [0.2, 0.25) is 5.02 Å². The van der Waals surface area contributed by atoms with E-state index in [4.69, 9.17) is 20.4 Å². The van der Waals surface area contributed by atoms with Crippen molar-refractivity contribution in [3.8, 4) is 11.5 Å². The number of nitrogens with zero attached hydrogens (tertiary/aromatic N) is 3. The highest BCUT2D eigenvalue weighted by Gasteiger charge is 2.27. The van der Waals surface area contributed by atoms with Gasteiger partial charge in [-0.2, -0.15) is 0 Å². The molecule has 29 heavy (non-hydrogen) atoms. The first-order valence-electron chi connectivity index (χ1n) is 9.52. The average Bonchev–Trinajstić information content (AvgIpc) is 3.44. The van der Waals surface area contributed by atoms with Crippen LogP contribution in [-0.4, -0.2) is 39.9 Å². The molecule has 4 rings (SSSR count). The molecule has 0 unspecified atom stereocenters. The smallest absolute Gasteiger partial charge is 0.250 e. The zero-order valence-electron chi connectivity index (χ0n) is 15.7. The van der Waals surface area contributed by atoms with E-state index in [9.17, 15) is 9.59 Å². The minimum Gasteiger partial charge on any atom is -0.472 e. The monoisotopic (exact) mass is 413 g/mol. The van der Waals surface area contributed by atoms with E-state index in [0.717, 1.165) is 18.4 Å². The number of aromatic nitrogens is 2. The number of ketones is 1. The molecule has 1 aliphatic rings. The van der Waals surface area contributed by atoms with Gasteiger partial charge in [-0.15, -0.1) is 10.2 Å². The van der Waals surface area contributed by atoms with Gasteiger partial charge in [0.1, 0.15) is 6.26 Å². The van der Waals surface area contributed by atoms with Crippen molar-refractivity contribution in [3.05, 3.63) is 59.3 Å². The molecule has 7 nitrogen and oxygen atoms in total. The Hall–Kier alpha value is -2.93. The van der Waals surface area contributed by atoms with Crippen LogP contribution in [0, 0.1) is 0 Å². The van der Waals surface area contributed by atoms with Crippen LogP contribution in [-0.2, 0) is 4.79 Å². The summed E-state index contributed by atoms with van der Waals surface area (Å²) < 4.78 is 10.8. The van der Waals surface area contributed by atoms with Crippen LogP contribution in [0.15, 0.2) is 51.7 Å². The minimum absolute atomic E-state index is 0.00428. The molecule has 2 aromatic heterocycles. The Morgan fingerprint density at radius 3 is 2.52 bits per heavy atom. The summed E-state index contributed by atoms with van der Waals surface area (Å²) in [5.74, 6) is 1.10. The lowest BCUT2D eigenvalue weighted by Crippen LogP contribution is -2.38. The van der Waals surface area contributed by atoms with E-state index in [1.165, 1.54) is 0 Å². The maximum atomic E-state index is 12.5. The highest BCUT2D eigenvalue weighted by atomic mass is 35.5. The maximum absolute atomic E-state index is 12.5. The first kappa shape index (κ1) is 19.4. The predicted molar refractivity (Wildman–Crippen MR) is 106 cm³/mol. The summed E-state index contributed by atoms with van der Waals surface area (Å²) in [4.78, 5) is 26.5. The Morgan fingerprint density at radius 2 is 1.83 bits per heavy atom. The van der Waals surface area contributed by atoms with Crippen molar-refractivity contribution in [1.82, 2.24) is 15.1 Å². The second-order valence-electron chi connectivity index (χ2n) is 7.04. The summed E-state index contributed by atoms with van der Waals surface area (Å²) in [6.07, 6.45) is 5.02. The van der Waals surface area contributed by atoms with Crippen LogP contribution in [0.4, 0.5) is 0 Å². The number of rotatable bonds is 6. The van der Waals surface area contributed by atoms with Crippen LogP contribution in [0.1, 0.15) is 47.8 Å². The molecule has 8 heteroatoms. The normalized spacial score (nSPS) is 14.9. The van der Waals surface area contributed by atoms with Crippen LogP contribution < -0.4 is 0 Å². The molecule has 0 aliphatic carbocycles. The SMILES string of the molecule is O=C(CCC(=O)N1CCC(c2nnc(-c3ccoc3)o2)CC1)c1ccc(Cl)cc1. The third-order valence-electron chi connectivity index (χ3n) is 5.14. The molecule has 0 atom stereocenters. The van der Waals surface area contributed by atoms with E-state index >= 15 is 0 Å². The number of likely N-dealkylation sites (tertiary alicyclic amines) is 1. The predicted octanol–water partition coefficient (Wildman–Crippen LogP) is 4.35. The first-order valence-corrected chi connectivity index (χ1v) is 9.90. The van der Waals surface area contributed by atoms with E-state index in [1.807, 2.05) is 0 Å². The molecule has 1 fully saturated rings. The maximum Gasteiger partial charge on any atom is 0.250 e. The van der Waals surface area contributed by atoms with Crippen molar-refractivity contribution in [2.45, 2.75) is 31.6 Å². The number of benzene rings is 1. The number of carbonyl (C=O) groups is 2. The van der Waals surface area contributed by atoms with E-state index < -0.39 is 0 Å². The third kappa shape index (κ3) is 4.56. The lowest BCUT2D eigenvalue weighted by molar-refractivity contribution is -0.132. The van der Waals surface area contributed by atoms with E-state index in [2.05, 4.69) is 10.2 Å². The fourth-order valence-corrected chi connectivity index (χ4v) is 3.56. The topological polar surface area (TPSA) is 89.4 Å². The first-order chi connectivity index (χ1) is 14.1. The second kappa shape index (κ2) is 8.61. The van der Waals surface area contributed by atoms with Gasteiger partial charge in [-0.1, -0.05) is 11.6 Å². The molecular weight excluding hydrogens is 394 g/mol. The van der Waals surface area contributed by atoms with Gasteiger partial charge in [0, 0.05) is 42.4 Å². The standard InChI is InChI=1S/C21H20ClN3O4/c22-17-3-1-14(2-4-17)18(26)5-6-19(27)25-10-7-15(8-11-25)20-23-24-21(29-20)16-9-12-28-13-16/h1-4,9,12-13,15H,5-8,10-11H2. The number of hydrogen-bond acceptors (Lipinski definition) is 6. The van der Waals surface area contributed by atoms with Crippen molar-refractivity contribution in [3.63, 3.8) is 0 Å². The number of furan rings is 1. The largest absolute Gasteiger partial charge is 0.472 e. The number of Topliss-reactive ketones (excluding diaryl/α,β-unsaturated/α-hetero) is 1. The molecule has 0 bridgehead atoms. The number of halogens is 1. The fraction of sp³-hybridized carbons (Fsp3) is 0.333. The molecule has 1 saturated heterocycles. The molecule has 3 heterocycles. The molecule has 1 amide bonds. The molecule has 0 N–H and O–H groups in total. The van der Waals surface area contributed by atoms with Crippen LogP contribution in [0.5, 0.6) is 0 Å². The van der Waals surface area contributed by atoms with Crippen molar-refractivity contribution in [2.75, 3.05) is 13.1 Å². The van der Waals surface area contributed by atoms with Gasteiger partial charge in [0.15, 0.2) is 5.78 Å². The summed E-state index contributed by atoms with van der Waals surface area (Å²) in [5.41, 5.74) is 1.33. The number of piperidine rings is 1. The zero-order valence-corrected chi connectivity index (χ0v) is 16.5. The third-order valence-corrected chi connectivity index (χ3v) is 5.39.